The van der Waals surface area contributed by atoms with E-state index in [1.165, 1.54) is 6.07 Å². The van der Waals surface area contributed by atoms with Gasteiger partial charge in [0.15, 0.2) is 17.4 Å². The van der Waals surface area contributed by atoms with Crippen molar-refractivity contribution < 1.29 is 13.5 Å². The third-order valence-corrected chi connectivity index (χ3v) is 3.06. The molecule has 0 spiro atoms. The highest BCUT2D eigenvalue weighted by atomic mass is 79.9. The van der Waals surface area contributed by atoms with Crippen LogP contribution in [0.4, 0.5) is 8.78 Å². The molecule has 2 heterocycles. The minimum Gasteiger partial charge on any atom is -0.455 e. The predicted molar refractivity (Wildman–Crippen MR) is 73.7 cm³/mol. The molecule has 0 aliphatic carbocycles. The van der Waals surface area contributed by atoms with Gasteiger partial charge in [-0.15, -0.1) is 0 Å². The van der Waals surface area contributed by atoms with E-state index in [0.717, 1.165) is 16.6 Å². The molecular weight excluding hydrogens is 330 g/mol. The maximum atomic E-state index is 13.2. The highest BCUT2D eigenvalue weighted by Gasteiger charge is 2.08. The molecule has 0 bridgehead atoms. The van der Waals surface area contributed by atoms with E-state index in [1.54, 1.807) is 24.5 Å². The summed E-state index contributed by atoms with van der Waals surface area (Å²) < 4.78 is 32.4. The molecule has 1 aromatic carbocycles. The zero-order valence-electron chi connectivity index (χ0n) is 9.98. The molecule has 0 radical (unpaired) electrons. The van der Waals surface area contributed by atoms with Gasteiger partial charge in [0.05, 0.1) is 5.52 Å². The van der Waals surface area contributed by atoms with Crippen molar-refractivity contribution in [1.29, 1.82) is 0 Å². The molecular formula is C14H7BrF2N2O. The van der Waals surface area contributed by atoms with E-state index in [9.17, 15) is 8.78 Å². The molecule has 20 heavy (non-hydrogen) atoms. The number of halogens is 3. The minimum atomic E-state index is -0.962. The van der Waals surface area contributed by atoms with Crippen molar-refractivity contribution in [3.05, 3.63) is 58.8 Å². The van der Waals surface area contributed by atoms with Gasteiger partial charge in [-0.3, -0.25) is 4.98 Å². The molecule has 0 fully saturated rings. The van der Waals surface area contributed by atoms with Crippen molar-refractivity contribution in [1.82, 2.24) is 9.97 Å². The Morgan fingerprint density at radius 3 is 2.65 bits per heavy atom. The fraction of sp³-hybridized carbons (Fsp3) is 0. The fourth-order valence-electron chi connectivity index (χ4n) is 1.73. The lowest BCUT2D eigenvalue weighted by Gasteiger charge is -2.08. The van der Waals surface area contributed by atoms with Crippen LogP contribution < -0.4 is 4.74 Å². The molecule has 3 rings (SSSR count). The average Bonchev–Trinajstić information content (AvgIpc) is 2.43. The second kappa shape index (κ2) is 5.13. The first-order valence-corrected chi connectivity index (χ1v) is 6.46. The summed E-state index contributed by atoms with van der Waals surface area (Å²) in [6, 6.07) is 6.76. The van der Waals surface area contributed by atoms with Crippen LogP contribution in [0.3, 0.4) is 0 Å². The standard InChI is InChI=1S/C14H7BrF2N2O/c15-8-5-12-14(19-7-8)13(3-4-18-12)20-9-1-2-10(16)11(17)6-9/h1-7H. The van der Waals surface area contributed by atoms with Gasteiger partial charge in [-0.25, -0.2) is 13.8 Å². The first kappa shape index (κ1) is 12.9. The lowest BCUT2D eigenvalue weighted by Crippen LogP contribution is -1.91. The monoisotopic (exact) mass is 336 g/mol. The Bertz CT molecular complexity index is 795. The number of hydrogen-bond acceptors (Lipinski definition) is 3. The quantitative estimate of drug-likeness (QED) is 0.692. The summed E-state index contributed by atoms with van der Waals surface area (Å²) in [6.45, 7) is 0. The maximum absolute atomic E-state index is 13.2. The van der Waals surface area contributed by atoms with E-state index >= 15 is 0 Å². The molecule has 0 aliphatic rings. The Morgan fingerprint density at radius 1 is 1.00 bits per heavy atom. The molecule has 2 aromatic heterocycles. The lowest BCUT2D eigenvalue weighted by atomic mass is 10.3. The highest BCUT2D eigenvalue weighted by molar-refractivity contribution is 9.10. The van der Waals surface area contributed by atoms with E-state index in [4.69, 9.17) is 4.74 Å². The number of aromatic nitrogens is 2. The smallest absolute Gasteiger partial charge is 0.162 e. The Morgan fingerprint density at radius 2 is 1.85 bits per heavy atom. The van der Waals surface area contributed by atoms with Crippen LogP contribution in [0.15, 0.2) is 47.2 Å². The Labute approximate surface area is 121 Å². The zero-order valence-corrected chi connectivity index (χ0v) is 11.6. The summed E-state index contributed by atoms with van der Waals surface area (Å²) in [7, 11) is 0. The molecule has 6 heteroatoms. The summed E-state index contributed by atoms with van der Waals surface area (Å²) >= 11 is 3.31. The second-order valence-electron chi connectivity index (χ2n) is 4.01. The van der Waals surface area contributed by atoms with Crippen molar-refractivity contribution in [2.75, 3.05) is 0 Å². The molecule has 0 atom stereocenters. The van der Waals surface area contributed by atoms with Crippen molar-refractivity contribution in [3.8, 4) is 11.5 Å². The Hall–Kier alpha value is -2.08. The zero-order chi connectivity index (χ0) is 14.1. The van der Waals surface area contributed by atoms with E-state index in [1.807, 2.05) is 0 Å². The number of hydrogen-bond donors (Lipinski definition) is 0. The van der Waals surface area contributed by atoms with E-state index in [-0.39, 0.29) is 5.75 Å². The van der Waals surface area contributed by atoms with Crippen LogP contribution in [0, 0.1) is 11.6 Å². The van der Waals surface area contributed by atoms with Gasteiger partial charge in [0.2, 0.25) is 0 Å². The molecule has 0 amide bonds. The number of fused-ring (bicyclic) bond motifs is 1. The third kappa shape index (κ3) is 2.46. The van der Waals surface area contributed by atoms with Crippen LogP contribution >= 0.6 is 15.9 Å². The maximum Gasteiger partial charge on any atom is 0.162 e. The first-order chi connectivity index (χ1) is 9.63. The van der Waals surface area contributed by atoms with Crippen molar-refractivity contribution in [3.63, 3.8) is 0 Å². The largest absolute Gasteiger partial charge is 0.455 e. The third-order valence-electron chi connectivity index (χ3n) is 2.63. The summed E-state index contributed by atoms with van der Waals surface area (Å²) in [5.41, 5.74) is 1.18. The van der Waals surface area contributed by atoms with E-state index in [0.29, 0.717) is 16.8 Å². The topological polar surface area (TPSA) is 35.0 Å². The van der Waals surface area contributed by atoms with Crippen LogP contribution in [-0.4, -0.2) is 9.97 Å². The van der Waals surface area contributed by atoms with Gasteiger partial charge in [-0.2, -0.15) is 0 Å². The van der Waals surface area contributed by atoms with Crippen molar-refractivity contribution in [2.45, 2.75) is 0 Å². The van der Waals surface area contributed by atoms with E-state index in [2.05, 4.69) is 25.9 Å². The van der Waals surface area contributed by atoms with Crippen molar-refractivity contribution in [2.24, 2.45) is 0 Å². The number of rotatable bonds is 2. The van der Waals surface area contributed by atoms with Gasteiger partial charge < -0.3 is 4.74 Å². The lowest BCUT2D eigenvalue weighted by molar-refractivity contribution is 0.464. The molecule has 0 saturated carbocycles. The van der Waals surface area contributed by atoms with Crippen LogP contribution in [0.5, 0.6) is 11.5 Å². The Balaban J connectivity index is 2.04. The fourth-order valence-corrected chi connectivity index (χ4v) is 2.05. The second-order valence-corrected chi connectivity index (χ2v) is 4.92. The Kier molecular flexibility index (Phi) is 3.31. The van der Waals surface area contributed by atoms with E-state index < -0.39 is 11.6 Å². The van der Waals surface area contributed by atoms with Crippen LogP contribution in [0.1, 0.15) is 0 Å². The number of nitrogens with zero attached hydrogens (tertiary/aromatic N) is 2. The predicted octanol–water partition coefficient (Wildman–Crippen LogP) is 4.46. The first-order valence-electron chi connectivity index (χ1n) is 5.66. The minimum absolute atomic E-state index is 0.195. The van der Waals surface area contributed by atoms with Gasteiger partial charge >= 0.3 is 0 Å². The van der Waals surface area contributed by atoms with Crippen molar-refractivity contribution >= 4 is 27.0 Å². The van der Waals surface area contributed by atoms with Gasteiger partial charge in [0.25, 0.3) is 0 Å². The summed E-state index contributed by atoms with van der Waals surface area (Å²) in [4.78, 5) is 8.38. The average molecular weight is 337 g/mol. The van der Waals surface area contributed by atoms with Crippen LogP contribution in [-0.2, 0) is 0 Å². The SMILES string of the molecule is Fc1ccc(Oc2ccnc3cc(Br)cnc23)cc1F. The summed E-state index contributed by atoms with van der Waals surface area (Å²) in [5.74, 6) is -1.26. The normalized spacial score (nSPS) is 10.8. The molecule has 3 nitrogen and oxygen atoms in total. The number of ether oxygens (including phenoxy) is 1. The molecule has 0 saturated heterocycles. The summed E-state index contributed by atoms with van der Waals surface area (Å²) in [5, 5.41) is 0. The van der Waals surface area contributed by atoms with Gasteiger partial charge in [-0.1, -0.05) is 0 Å². The molecule has 100 valence electrons. The molecule has 0 N–H and O–H groups in total. The van der Waals surface area contributed by atoms with Gasteiger partial charge in [0.1, 0.15) is 11.3 Å². The summed E-state index contributed by atoms with van der Waals surface area (Å²) in [6.07, 6.45) is 3.17. The highest BCUT2D eigenvalue weighted by Crippen LogP contribution is 2.29. The van der Waals surface area contributed by atoms with Crippen LogP contribution in [0.25, 0.3) is 11.0 Å². The van der Waals surface area contributed by atoms with Gasteiger partial charge in [-0.05, 0) is 34.1 Å². The molecule has 3 aromatic rings. The number of pyridine rings is 2. The van der Waals surface area contributed by atoms with Gasteiger partial charge in [0, 0.05) is 29.0 Å². The molecule has 0 aliphatic heterocycles. The van der Waals surface area contributed by atoms with Crippen LogP contribution in [0.2, 0.25) is 0 Å². The number of benzene rings is 1. The molecule has 0 unspecified atom stereocenters.